The molecule has 27 heavy (non-hydrogen) atoms. The predicted molar refractivity (Wildman–Crippen MR) is 110 cm³/mol. The van der Waals surface area contributed by atoms with E-state index in [1.807, 2.05) is 36.5 Å². The maximum absolute atomic E-state index is 12.9. The average Bonchev–Trinajstić information content (AvgIpc) is 2.94. The SMILES string of the molecule is Cc1cc(C)cc(-c2nccc3c4c(ccc23)C(=O)c2cccc(C)c2-4)c1. The molecule has 0 atom stereocenters. The normalized spacial score (nSPS) is 12.3. The Morgan fingerprint density at radius 3 is 2.26 bits per heavy atom. The largest absolute Gasteiger partial charge is 0.289 e. The lowest BCUT2D eigenvalue weighted by Gasteiger charge is -2.12. The molecule has 0 bridgehead atoms. The third-order valence-corrected chi connectivity index (χ3v) is 5.45. The van der Waals surface area contributed by atoms with Crippen molar-refractivity contribution in [3.8, 4) is 22.4 Å². The highest BCUT2D eigenvalue weighted by molar-refractivity contribution is 6.27. The van der Waals surface area contributed by atoms with Crippen LogP contribution in [-0.2, 0) is 0 Å². The Kier molecular flexibility index (Phi) is 3.32. The van der Waals surface area contributed by atoms with Crippen LogP contribution in [0.5, 0.6) is 0 Å². The van der Waals surface area contributed by atoms with Gasteiger partial charge in [-0.25, -0.2) is 0 Å². The fourth-order valence-electron chi connectivity index (χ4n) is 4.39. The maximum atomic E-state index is 12.9. The van der Waals surface area contributed by atoms with E-state index < -0.39 is 0 Å². The van der Waals surface area contributed by atoms with Gasteiger partial charge in [-0.2, -0.15) is 0 Å². The summed E-state index contributed by atoms with van der Waals surface area (Å²) < 4.78 is 0. The molecule has 130 valence electrons. The van der Waals surface area contributed by atoms with Crippen LogP contribution in [0.15, 0.2) is 60.8 Å². The first-order valence-electron chi connectivity index (χ1n) is 9.19. The van der Waals surface area contributed by atoms with E-state index in [-0.39, 0.29) is 5.78 Å². The second-order valence-electron chi connectivity index (χ2n) is 7.45. The van der Waals surface area contributed by atoms with Crippen LogP contribution in [0.25, 0.3) is 33.2 Å². The molecule has 0 saturated carbocycles. The molecule has 0 N–H and O–H groups in total. The molecule has 3 aromatic carbocycles. The monoisotopic (exact) mass is 349 g/mol. The van der Waals surface area contributed by atoms with Gasteiger partial charge in [-0.1, -0.05) is 41.5 Å². The van der Waals surface area contributed by atoms with Crippen LogP contribution in [0.4, 0.5) is 0 Å². The fourth-order valence-corrected chi connectivity index (χ4v) is 4.39. The highest BCUT2D eigenvalue weighted by Gasteiger charge is 2.29. The van der Waals surface area contributed by atoms with Crippen LogP contribution in [-0.4, -0.2) is 10.8 Å². The van der Waals surface area contributed by atoms with Gasteiger partial charge >= 0.3 is 0 Å². The number of aryl methyl sites for hydroxylation is 3. The zero-order chi connectivity index (χ0) is 18.7. The second kappa shape index (κ2) is 5.62. The van der Waals surface area contributed by atoms with Crippen molar-refractivity contribution in [3.63, 3.8) is 0 Å². The molecule has 1 heterocycles. The maximum Gasteiger partial charge on any atom is 0.194 e. The molecule has 2 nitrogen and oxygen atoms in total. The number of aromatic nitrogens is 1. The number of carbonyl (C=O) groups is 1. The van der Waals surface area contributed by atoms with Crippen LogP contribution in [0.1, 0.15) is 32.6 Å². The van der Waals surface area contributed by atoms with E-state index in [0.717, 1.165) is 49.8 Å². The number of fused-ring (bicyclic) bond motifs is 5. The van der Waals surface area contributed by atoms with Gasteiger partial charge in [-0.15, -0.1) is 0 Å². The number of pyridine rings is 1. The van der Waals surface area contributed by atoms with E-state index >= 15 is 0 Å². The zero-order valence-corrected chi connectivity index (χ0v) is 15.6. The summed E-state index contributed by atoms with van der Waals surface area (Å²) in [6.45, 7) is 6.29. The number of rotatable bonds is 1. The molecule has 0 aliphatic heterocycles. The summed E-state index contributed by atoms with van der Waals surface area (Å²) in [6.07, 6.45) is 1.86. The lowest BCUT2D eigenvalue weighted by atomic mass is 9.93. The van der Waals surface area contributed by atoms with Gasteiger partial charge in [0, 0.05) is 33.8 Å². The molecule has 0 amide bonds. The minimum atomic E-state index is 0.121. The smallest absolute Gasteiger partial charge is 0.194 e. The van der Waals surface area contributed by atoms with Crippen molar-refractivity contribution in [2.75, 3.05) is 0 Å². The van der Waals surface area contributed by atoms with Gasteiger partial charge in [-0.05, 0) is 61.5 Å². The Hall–Kier alpha value is -3.26. The number of benzene rings is 3. The minimum absolute atomic E-state index is 0.121. The van der Waals surface area contributed by atoms with Crippen LogP contribution in [0.2, 0.25) is 0 Å². The molecule has 1 aliphatic carbocycles. The summed E-state index contributed by atoms with van der Waals surface area (Å²) in [5.74, 6) is 0.121. The Balaban J connectivity index is 1.87. The molecular formula is C25H19NO. The highest BCUT2D eigenvalue weighted by atomic mass is 16.1. The summed E-state index contributed by atoms with van der Waals surface area (Å²) in [4.78, 5) is 17.6. The number of carbonyl (C=O) groups excluding carboxylic acids is 1. The number of hydrogen-bond donors (Lipinski definition) is 0. The summed E-state index contributed by atoms with van der Waals surface area (Å²) in [5.41, 5.74) is 9.40. The third-order valence-electron chi connectivity index (χ3n) is 5.45. The fraction of sp³-hybridized carbons (Fsp3) is 0.120. The Bertz CT molecular complexity index is 1250. The Morgan fingerprint density at radius 2 is 1.48 bits per heavy atom. The number of nitrogens with zero attached hydrogens (tertiary/aromatic N) is 1. The predicted octanol–water partition coefficient (Wildman–Crippen LogP) is 6.04. The lowest BCUT2D eigenvalue weighted by Crippen LogP contribution is -1.95. The van der Waals surface area contributed by atoms with Gasteiger partial charge in [-0.3, -0.25) is 9.78 Å². The molecular weight excluding hydrogens is 330 g/mol. The first kappa shape index (κ1) is 16.0. The molecule has 0 radical (unpaired) electrons. The van der Waals surface area contributed by atoms with E-state index in [9.17, 15) is 4.79 Å². The Labute approximate surface area is 158 Å². The van der Waals surface area contributed by atoms with Crippen LogP contribution in [0.3, 0.4) is 0 Å². The summed E-state index contributed by atoms with van der Waals surface area (Å²) in [5, 5.41) is 2.18. The standard InChI is InChI=1S/C25H19NO/c1-14-11-15(2)13-17(12-14)24-19-7-8-21-23(18(19)9-10-26-24)22-16(3)5-4-6-20(22)25(21)27/h4-13H,1-3H3. The van der Waals surface area contributed by atoms with Crippen molar-refractivity contribution >= 4 is 16.6 Å². The van der Waals surface area contributed by atoms with Gasteiger partial charge in [0.2, 0.25) is 0 Å². The van der Waals surface area contributed by atoms with Gasteiger partial charge in [0.15, 0.2) is 5.78 Å². The number of hydrogen-bond acceptors (Lipinski definition) is 2. The van der Waals surface area contributed by atoms with E-state index in [4.69, 9.17) is 4.98 Å². The minimum Gasteiger partial charge on any atom is -0.289 e. The molecule has 2 heteroatoms. The molecule has 0 spiro atoms. The topological polar surface area (TPSA) is 30.0 Å². The molecule has 1 aliphatic rings. The van der Waals surface area contributed by atoms with Gasteiger partial charge in [0.25, 0.3) is 0 Å². The summed E-state index contributed by atoms with van der Waals surface area (Å²) in [6, 6.07) is 18.5. The summed E-state index contributed by atoms with van der Waals surface area (Å²) >= 11 is 0. The van der Waals surface area contributed by atoms with E-state index in [2.05, 4.69) is 45.0 Å². The molecule has 0 fully saturated rings. The lowest BCUT2D eigenvalue weighted by molar-refractivity contribution is 0.104. The highest BCUT2D eigenvalue weighted by Crippen LogP contribution is 2.44. The van der Waals surface area contributed by atoms with Crippen molar-refractivity contribution in [1.82, 2.24) is 4.98 Å². The third kappa shape index (κ3) is 2.26. The van der Waals surface area contributed by atoms with E-state index in [1.54, 1.807) is 0 Å². The van der Waals surface area contributed by atoms with Crippen molar-refractivity contribution in [2.24, 2.45) is 0 Å². The first-order chi connectivity index (χ1) is 13.0. The molecule has 5 rings (SSSR count). The molecule has 0 saturated heterocycles. The second-order valence-corrected chi connectivity index (χ2v) is 7.45. The van der Waals surface area contributed by atoms with Crippen molar-refractivity contribution in [2.45, 2.75) is 20.8 Å². The van der Waals surface area contributed by atoms with Gasteiger partial charge in [0.05, 0.1) is 5.69 Å². The molecule has 4 aromatic rings. The van der Waals surface area contributed by atoms with E-state index in [1.165, 1.54) is 11.1 Å². The van der Waals surface area contributed by atoms with Crippen molar-refractivity contribution < 1.29 is 4.79 Å². The van der Waals surface area contributed by atoms with E-state index in [0.29, 0.717) is 0 Å². The van der Waals surface area contributed by atoms with Crippen LogP contribution < -0.4 is 0 Å². The average molecular weight is 349 g/mol. The van der Waals surface area contributed by atoms with Crippen LogP contribution >= 0.6 is 0 Å². The van der Waals surface area contributed by atoms with Crippen molar-refractivity contribution in [3.05, 3.63) is 88.6 Å². The van der Waals surface area contributed by atoms with Gasteiger partial charge < -0.3 is 0 Å². The Morgan fingerprint density at radius 1 is 0.741 bits per heavy atom. The molecule has 1 aromatic heterocycles. The van der Waals surface area contributed by atoms with Crippen molar-refractivity contribution in [1.29, 1.82) is 0 Å². The first-order valence-corrected chi connectivity index (χ1v) is 9.19. The zero-order valence-electron chi connectivity index (χ0n) is 15.6. The molecule has 0 unspecified atom stereocenters. The quantitative estimate of drug-likeness (QED) is 0.369. The number of ketones is 1. The summed E-state index contributed by atoms with van der Waals surface area (Å²) in [7, 11) is 0. The van der Waals surface area contributed by atoms with Crippen LogP contribution in [0, 0.1) is 20.8 Å². The van der Waals surface area contributed by atoms with Gasteiger partial charge in [0.1, 0.15) is 0 Å².